The van der Waals surface area contributed by atoms with Gasteiger partial charge in [0.05, 0.1) is 12.2 Å². The van der Waals surface area contributed by atoms with E-state index in [-0.39, 0.29) is 30.8 Å². The number of anilines is 1. The zero-order chi connectivity index (χ0) is 17.0. The van der Waals surface area contributed by atoms with Gasteiger partial charge in [0, 0.05) is 12.5 Å². The van der Waals surface area contributed by atoms with Crippen LogP contribution >= 0.6 is 0 Å². The fraction of sp³-hybridized carbons (Fsp3) is 0.467. The molecule has 0 saturated heterocycles. The number of hydrogen-bond acceptors (Lipinski definition) is 3. The fourth-order valence-corrected chi connectivity index (χ4v) is 2.62. The molecule has 1 aliphatic carbocycles. The highest BCUT2D eigenvalue weighted by molar-refractivity contribution is 5.94. The summed E-state index contributed by atoms with van der Waals surface area (Å²) in [6.07, 6.45) is 2.97. The van der Waals surface area contributed by atoms with Crippen molar-refractivity contribution < 1.29 is 22.8 Å². The molecule has 4 N–H and O–H groups in total. The fourth-order valence-electron chi connectivity index (χ4n) is 2.62. The largest absolute Gasteiger partial charge is 0.347 e. The first-order valence-corrected chi connectivity index (χ1v) is 7.34. The van der Waals surface area contributed by atoms with Gasteiger partial charge in [-0.1, -0.05) is 6.42 Å². The van der Waals surface area contributed by atoms with Crippen LogP contribution in [0.5, 0.6) is 0 Å². The van der Waals surface area contributed by atoms with Crippen molar-refractivity contribution >= 4 is 17.5 Å². The molecule has 1 aromatic rings. The van der Waals surface area contributed by atoms with Crippen molar-refractivity contribution in [1.29, 1.82) is 0 Å². The highest BCUT2D eigenvalue weighted by Crippen LogP contribution is 2.26. The van der Waals surface area contributed by atoms with E-state index in [1.165, 1.54) is 0 Å². The third-order valence-electron chi connectivity index (χ3n) is 3.92. The second-order valence-corrected chi connectivity index (χ2v) is 5.61. The van der Waals surface area contributed by atoms with Gasteiger partial charge in [0.15, 0.2) is 17.5 Å². The van der Waals surface area contributed by atoms with Crippen LogP contribution in [0.25, 0.3) is 0 Å². The van der Waals surface area contributed by atoms with Crippen LogP contribution < -0.4 is 16.4 Å². The molecule has 0 unspecified atom stereocenters. The van der Waals surface area contributed by atoms with E-state index in [9.17, 15) is 22.8 Å². The van der Waals surface area contributed by atoms with Crippen molar-refractivity contribution in [2.75, 3.05) is 11.9 Å². The van der Waals surface area contributed by atoms with E-state index in [4.69, 9.17) is 5.73 Å². The first-order valence-electron chi connectivity index (χ1n) is 7.34. The molecular weight excluding hydrogens is 311 g/mol. The molecule has 1 aromatic carbocycles. The summed E-state index contributed by atoms with van der Waals surface area (Å²) in [6.45, 7) is -0.390. The second-order valence-electron chi connectivity index (χ2n) is 5.61. The molecule has 0 heterocycles. The molecule has 1 aliphatic rings. The average molecular weight is 329 g/mol. The lowest BCUT2D eigenvalue weighted by molar-refractivity contribution is -0.124. The maximum atomic E-state index is 13.4. The lowest BCUT2D eigenvalue weighted by Crippen LogP contribution is -2.36. The quantitative estimate of drug-likeness (QED) is 0.719. The standard InChI is InChI=1S/C15H18F3N3O2/c16-9-4-5-11(15(18)14(9)17)21-13(23)7-20-12(22)6-8-2-1-3-10(8)19/h4-5,8,10H,1-3,6-7,19H2,(H,20,22)(H,21,23)/t8-,10+/m0/s1. The third-order valence-corrected chi connectivity index (χ3v) is 3.92. The van der Waals surface area contributed by atoms with Crippen LogP contribution in [0.2, 0.25) is 0 Å². The Kier molecular flexibility index (Phi) is 5.59. The van der Waals surface area contributed by atoms with Crippen LogP contribution in [-0.2, 0) is 9.59 Å². The van der Waals surface area contributed by atoms with E-state index in [2.05, 4.69) is 10.6 Å². The number of halogens is 3. The normalized spacial score (nSPS) is 20.3. The monoisotopic (exact) mass is 329 g/mol. The summed E-state index contributed by atoms with van der Waals surface area (Å²) < 4.78 is 39.2. The van der Waals surface area contributed by atoms with Crippen LogP contribution in [0.1, 0.15) is 25.7 Å². The van der Waals surface area contributed by atoms with Crippen LogP contribution in [0.3, 0.4) is 0 Å². The number of benzene rings is 1. The maximum absolute atomic E-state index is 13.4. The predicted octanol–water partition coefficient (Wildman–Crippen LogP) is 1.68. The predicted molar refractivity (Wildman–Crippen MR) is 77.9 cm³/mol. The first kappa shape index (κ1) is 17.3. The Bertz CT molecular complexity index is 610. The van der Waals surface area contributed by atoms with Crippen molar-refractivity contribution in [1.82, 2.24) is 5.32 Å². The van der Waals surface area contributed by atoms with Crippen LogP contribution in [0, 0.1) is 23.4 Å². The molecule has 2 rings (SSSR count). The number of hydrogen-bond donors (Lipinski definition) is 3. The van der Waals surface area contributed by atoms with Gasteiger partial charge in [-0.2, -0.15) is 0 Å². The molecule has 0 bridgehead atoms. The van der Waals surface area contributed by atoms with Crippen LogP contribution in [0.15, 0.2) is 12.1 Å². The topological polar surface area (TPSA) is 84.2 Å². The summed E-state index contributed by atoms with van der Waals surface area (Å²) in [5.41, 5.74) is 5.38. The lowest BCUT2D eigenvalue weighted by atomic mass is 10.00. The molecule has 2 atom stereocenters. The molecule has 0 radical (unpaired) electrons. The van der Waals surface area contributed by atoms with Crippen molar-refractivity contribution in [2.24, 2.45) is 11.7 Å². The zero-order valence-corrected chi connectivity index (χ0v) is 12.4. The smallest absolute Gasteiger partial charge is 0.243 e. The second kappa shape index (κ2) is 7.45. The number of carbonyl (C=O) groups is 2. The summed E-state index contributed by atoms with van der Waals surface area (Å²) in [5.74, 6) is -5.46. The molecule has 0 aromatic heterocycles. The van der Waals surface area contributed by atoms with Gasteiger partial charge in [0.1, 0.15) is 0 Å². The van der Waals surface area contributed by atoms with E-state index in [1.807, 2.05) is 0 Å². The van der Waals surface area contributed by atoms with Gasteiger partial charge in [-0.25, -0.2) is 13.2 Å². The summed E-state index contributed by atoms with van der Waals surface area (Å²) in [6, 6.07) is 1.60. The zero-order valence-electron chi connectivity index (χ0n) is 12.4. The van der Waals surface area contributed by atoms with Crippen LogP contribution in [-0.4, -0.2) is 24.4 Å². The molecular formula is C15H18F3N3O2. The molecule has 0 spiro atoms. The summed E-state index contributed by atoms with van der Waals surface area (Å²) in [4.78, 5) is 23.4. The Morgan fingerprint density at radius 1 is 1.13 bits per heavy atom. The highest BCUT2D eigenvalue weighted by Gasteiger charge is 2.26. The van der Waals surface area contributed by atoms with Crippen molar-refractivity contribution in [2.45, 2.75) is 31.7 Å². The minimum absolute atomic E-state index is 0.00846. The maximum Gasteiger partial charge on any atom is 0.243 e. The van der Waals surface area contributed by atoms with Crippen molar-refractivity contribution in [3.8, 4) is 0 Å². The SMILES string of the molecule is N[C@@H]1CCC[C@H]1CC(=O)NCC(=O)Nc1ccc(F)c(F)c1F. The van der Waals surface area contributed by atoms with Gasteiger partial charge in [-0.05, 0) is 30.9 Å². The molecule has 8 heteroatoms. The summed E-state index contributed by atoms with van der Waals surface area (Å²) >= 11 is 0. The van der Waals surface area contributed by atoms with Crippen LogP contribution in [0.4, 0.5) is 18.9 Å². The van der Waals surface area contributed by atoms with E-state index < -0.39 is 29.0 Å². The minimum atomic E-state index is -1.66. The summed E-state index contributed by atoms with van der Waals surface area (Å²) in [7, 11) is 0. The molecule has 5 nitrogen and oxygen atoms in total. The average Bonchev–Trinajstić information content (AvgIpc) is 2.91. The molecule has 0 aliphatic heterocycles. The Labute approximate surface area is 131 Å². The third kappa shape index (κ3) is 4.44. The van der Waals surface area contributed by atoms with Gasteiger partial charge in [-0.15, -0.1) is 0 Å². The number of rotatable bonds is 5. The minimum Gasteiger partial charge on any atom is -0.347 e. The van der Waals surface area contributed by atoms with E-state index in [1.54, 1.807) is 0 Å². The van der Waals surface area contributed by atoms with Crippen molar-refractivity contribution in [3.63, 3.8) is 0 Å². The van der Waals surface area contributed by atoms with E-state index in [0.717, 1.165) is 25.3 Å². The van der Waals surface area contributed by atoms with Gasteiger partial charge < -0.3 is 16.4 Å². The Balaban J connectivity index is 1.81. The Hall–Kier alpha value is -2.09. The number of nitrogens with two attached hydrogens (primary N) is 1. The number of amides is 2. The van der Waals surface area contributed by atoms with E-state index >= 15 is 0 Å². The number of nitrogens with one attached hydrogen (secondary N) is 2. The Morgan fingerprint density at radius 2 is 1.87 bits per heavy atom. The lowest BCUT2D eigenvalue weighted by Gasteiger charge is -2.14. The molecule has 1 fully saturated rings. The highest BCUT2D eigenvalue weighted by atomic mass is 19.2. The van der Waals surface area contributed by atoms with Gasteiger partial charge in [0.25, 0.3) is 0 Å². The molecule has 126 valence electrons. The summed E-state index contributed by atoms with van der Waals surface area (Å²) in [5, 5.41) is 4.47. The van der Waals surface area contributed by atoms with Gasteiger partial charge in [0.2, 0.25) is 11.8 Å². The molecule has 23 heavy (non-hydrogen) atoms. The van der Waals surface area contributed by atoms with E-state index in [0.29, 0.717) is 6.07 Å². The van der Waals surface area contributed by atoms with Gasteiger partial charge in [-0.3, -0.25) is 9.59 Å². The molecule has 2 amide bonds. The Morgan fingerprint density at radius 3 is 2.52 bits per heavy atom. The van der Waals surface area contributed by atoms with Gasteiger partial charge >= 0.3 is 0 Å². The number of carbonyl (C=O) groups excluding carboxylic acids is 2. The first-order chi connectivity index (χ1) is 10.9. The van der Waals surface area contributed by atoms with Crippen molar-refractivity contribution in [3.05, 3.63) is 29.6 Å². The molecule has 1 saturated carbocycles.